The van der Waals surface area contributed by atoms with Crippen LogP contribution in [0.4, 0.5) is 0 Å². The number of rotatable bonds is 8. The normalized spacial score (nSPS) is 18.8. The summed E-state index contributed by atoms with van der Waals surface area (Å²) in [5, 5.41) is 11.6. The number of benzene rings is 6. The molecule has 0 amide bonds. The second-order valence-electron chi connectivity index (χ2n) is 16.6. The van der Waals surface area contributed by atoms with E-state index >= 15 is 0 Å². The summed E-state index contributed by atoms with van der Waals surface area (Å²) >= 11 is 1.97. The molecular weight excluding hydrogens is 687 g/mol. The van der Waals surface area contributed by atoms with Gasteiger partial charge in [0.25, 0.3) is 0 Å². The maximum Gasteiger partial charge on any atom is 0.0850 e. The summed E-state index contributed by atoms with van der Waals surface area (Å²) in [5.41, 5.74) is 21.4. The van der Waals surface area contributed by atoms with Crippen molar-refractivity contribution in [3.05, 3.63) is 178 Å². The molecule has 6 aromatic carbocycles. The number of nitrogens with two attached hydrogens (primary N) is 1. The van der Waals surface area contributed by atoms with Crippen LogP contribution in [0.3, 0.4) is 0 Å². The number of allylic oxidation sites excluding steroid dienone is 3. The van der Waals surface area contributed by atoms with E-state index in [9.17, 15) is 0 Å². The van der Waals surface area contributed by atoms with E-state index in [1.807, 2.05) is 11.3 Å². The van der Waals surface area contributed by atoms with Crippen molar-refractivity contribution in [3.63, 3.8) is 0 Å². The van der Waals surface area contributed by atoms with Gasteiger partial charge in [0, 0.05) is 37.9 Å². The minimum absolute atomic E-state index is 0.0611. The van der Waals surface area contributed by atoms with E-state index in [1.54, 1.807) is 0 Å². The summed E-state index contributed by atoms with van der Waals surface area (Å²) in [6.45, 7) is 7.87. The van der Waals surface area contributed by atoms with Crippen LogP contribution in [0, 0.1) is 5.41 Å². The SMILES string of the molecule is CC1(CN[C@H](NC(N)c2ccc3c(c2)C(C)(C)c2cc(-c4ccc5c6c(ccc5c4)CCc4sc5ccccc5c4-6)ccc2-3)c2ccccc2)C=CC=CC1. The Kier molecular flexibility index (Phi) is 8.31. The smallest absolute Gasteiger partial charge is 0.0850 e. The lowest BCUT2D eigenvalue weighted by atomic mass is 9.81. The van der Waals surface area contributed by atoms with Gasteiger partial charge in [0.1, 0.15) is 0 Å². The molecule has 4 heteroatoms. The minimum Gasteiger partial charge on any atom is -0.312 e. The van der Waals surface area contributed by atoms with Gasteiger partial charge in [0.15, 0.2) is 0 Å². The quantitative estimate of drug-likeness (QED) is 0.136. The van der Waals surface area contributed by atoms with Crippen molar-refractivity contribution in [2.45, 2.75) is 57.8 Å². The van der Waals surface area contributed by atoms with Gasteiger partial charge in [-0.25, -0.2) is 0 Å². The Bertz CT molecular complexity index is 2680. The molecule has 7 aromatic rings. The second kappa shape index (κ2) is 13.3. The first-order valence-electron chi connectivity index (χ1n) is 19.8. The van der Waals surface area contributed by atoms with Crippen molar-refractivity contribution in [3.8, 4) is 33.4 Å². The summed E-state index contributed by atoms with van der Waals surface area (Å²) in [4.78, 5) is 1.53. The summed E-state index contributed by atoms with van der Waals surface area (Å²) in [6.07, 6.45) is 11.7. The fraction of sp³-hybridized carbons (Fsp3) is 0.216. The molecule has 1 aromatic heterocycles. The number of hydrogen-bond acceptors (Lipinski definition) is 4. The fourth-order valence-electron chi connectivity index (χ4n) is 9.41. The fourth-order valence-corrected chi connectivity index (χ4v) is 10.6. The standard InChI is InChI=1S/C51H47N3S/c1-50(2)42-29-35(34-18-22-38-36(28-34)17-16-32-21-25-45-47(46(32)38)41-14-8-9-15-44(41)55-45)19-23-39(42)40-24-20-37(30-43(40)50)48(52)54-49(33-12-6-4-7-13-33)53-31-51(3)26-10-5-11-27-51/h4-20,22-24,26,28-30,48-49,53-54H,21,25,27,31,52H2,1-3H3/t48?,49-,51?/m1/s1. The van der Waals surface area contributed by atoms with Gasteiger partial charge in [-0.2, -0.15) is 0 Å². The molecule has 3 nitrogen and oxygen atoms in total. The monoisotopic (exact) mass is 733 g/mol. The molecule has 55 heavy (non-hydrogen) atoms. The van der Waals surface area contributed by atoms with Crippen molar-refractivity contribution in [2.75, 3.05) is 6.54 Å². The summed E-state index contributed by atoms with van der Waals surface area (Å²) in [5.74, 6) is 0. The van der Waals surface area contributed by atoms with Crippen LogP contribution in [0.2, 0.25) is 0 Å². The Morgan fingerprint density at radius 1 is 0.691 bits per heavy atom. The van der Waals surface area contributed by atoms with Crippen molar-refractivity contribution < 1.29 is 0 Å². The van der Waals surface area contributed by atoms with Gasteiger partial charge in [-0.15, -0.1) is 11.3 Å². The highest BCUT2D eigenvalue weighted by Gasteiger charge is 2.36. The highest BCUT2D eigenvalue weighted by atomic mass is 32.1. The summed E-state index contributed by atoms with van der Waals surface area (Å²) in [6, 6.07) is 45.2. The van der Waals surface area contributed by atoms with Gasteiger partial charge in [-0.05, 0) is 104 Å². The van der Waals surface area contributed by atoms with E-state index in [4.69, 9.17) is 5.73 Å². The van der Waals surface area contributed by atoms with Gasteiger partial charge >= 0.3 is 0 Å². The van der Waals surface area contributed by atoms with E-state index in [2.05, 4.69) is 177 Å². The van der Waals surface area contributed by atoms with Crippen molar-refractivity contribution in [1.29, 1.82) is 0 Å². The maximum atomic E-state index is 7.02. The molecule has 10 rings (SSSR count). The molecule has 0 bridgehead atoms. The number of thiophene rings is 1. The van der Waals surface area contributed by atoms with Crippen LogP contribution >= 0.6 is 11.3 Å². The van der Waals surface area contributed by atoms with Gasteiger partial charge in [-0.3, -0.25) is 10.6 Å². The zero-order valence-electron chi connectivity index (χ0n) is 31.8. The minimum atomic E-state index is -0.348. The second-order valence-corrected chi connectivity index (χ2v) is 17.8. The lowest BCUT2D eigenvalue weighted by Crippen LogP contribution is -2.43. The average Bonchev–Trinajstić information content (AvgIpc) is 3.71. The highest BCUT2D eigenvalue weighted by molar-refractivity contribution is 7.19. The molecule has 2 unspecified atom stereocenters. The first-order chi connectivity index (χ1) is 26.8. The molecule has 3 aliphatic carbocycles. The van der Waals surface area contributed by atoms with E-state index in [-0.39, 0.29) is 23.2 Å². The lowest BCUT2D eigenvalue weighted by molar-refractivity contribution is 0.319. The predicted molar refractivity (Wildman–Crippen MR) is 233 cm³/mol. The molecule has 0 saturated heterocycles. The Labute approximate surface area is 328 Å². The largest absolute Gasteiger partial charge is 0.312 e. The average molecular weight is 734 g/mol. The molecule has 3 aliphatic rings. The maximum absolute atomic E-state index is 7.02. The van der Waals surface area contributed by atoms with E-state index in [1.165, 1.54) is 81.4 Å². The first-order valence-corrected chi connectivity index (χ1v) is 20.6. The molecule has 272 valence electrons. The summed E-state index contributed by atoms with van der Waals surface area (Å²) < 4.78 is 1.39. The van der Waals surface area contributed by atoms with Crippen LogP contribution < -0.4 is 16.4 Å². The highest BCUT2D eigenvalue weighted by Crippen LogP contribution is 2.51. The van der Waals surface area contributed by atoms with Crippen LogP contribution in [0.1, 0.15) is 72.2 Å². The Balaban J connectivity index is 0.940. The van der Waals surface area contributed by atoms with Crippen LogP contribution in [0.15, 0.2) is 146 Å². The molecule has 4 N–H and O–H groups in total. The van der Waals surface area contributed by atoms with Crippen LogP contribution in [-0.2, 0) is 18.3 Å². The van der Waals surface area contributed by atoms with Crippen molar-refractivity contribution >= 4 is 32.2 Å². The van der Waals surface area contributed by atoms with Crippen LogP contribution in [0.25, 0.3) is 54.2 Å². The van der Waals surface area contributed by atoms with Crippen LogP contribution in [0.5, 0.6) is 0 Å². The van der Waals surface area contributed by atoms with Gasteiger partial charge < -0.3 is 5.73 Å². The number of hydrogen-bond donors (Lipinski definition) is 3. The predicted octanol–water partition coefficient (Wildman–Crippen LogP) is 12.2. The van der Waals surface area contributed by atoms with Gasteiger partial charge in [-0.1, -0.05) is 148 Å². The first kappa shape index (κ1) is 34.4. The number of fused-ring (bicyclic) bond motifs is 10. The van der Waals surface area contributed by atoms with Crippen molar-refractivity contribution in [2.24, 2.45) is 11.1 Å². The molecule has 0 fully saturated rings. The third kappa shape index (κ3) is 5.91. The topological polar surface area (TPSA) is 50.1 Å². The van der Waals surface area contributed by atoms with Crippen molar-refractivity contribution in [1.82, 2.24) is 10.6 Å². The van der Waals surface area contributed by atoms with Gasteiger partial charge in [0.05, 0.1) is 12.3 Å². The molecule has 0 spiro atoms. The third-order valence-corrected chi connectivity index (χ3v) is 13.8. The van der Waals surface area contributed by atoms with Crippen LogP contribution in [-0.4, -0.2) is 6.54 Å². The van der Waals surface area contributed by atoms with Gasteiger partial charge in [0.2, 0.25) is 0 Å². The molecular formula is C51H47N3S. The van der Waals surface area contributed by atoms with E-state index in [0.29, 0.717) is 0 Å². The molecule has 3 atom stereocenters. The number of nitrogens with one attached hydrogen (secondary N) is 2. The molecule has 0 aliphatic heterocycles. The van der Waals surface area contributed by atoms with E-state index in [0.717, 1.165) is 31.4 Å². The lowest BCUT2D eigenvalue weighted by Gasteiger charge is -2.32. The molecule has 1 heterocycles. The number of aryl methyl sites for hydroxylation is 2. The Hall–Kier alpha value is -5.10. The Morgan fingerprint density at radius 2 is 1.45 bits per heavy atom. The van der Waals surface area contributed by atoms with E-state index < -0.39 is 0 Å². The third-order valence-electron chi connectivity index (χ3n) is 12.6. The zero-order valence-corrected chi connectivity index (χ0v) is 32.6. The summed E-state index contributed by atoms with van der Waals surface area (Å²) in [7, 11) is 0. The zero-order chi connectivity index (χ0) is 37.3. The Morgan fingerprint density at radius 3 is 2.29 bits per heavy atom. The molecule has 0 radical (unpaired) electrons. The molecule has 0 saturated carbocycles.